The van der Waals surface area contributed by atoms with Crippen LogP contribution >= 0.6 is 0 Å². The van der Waals surface area contributed by atoms with Crippen LogP contribution < -0.4 is 5.32 Å². The van der Waals surface area contributed by atoms with Crippen molar-refractivity contribution in [2.75, 3.05) is 40.3 Å². The topological polar surface area (TPSA) is 35.6 Å². The van der Waals surface area contributed by atoms with E-state index >= 15 is 0 Å². The molecule has 1 saturated heterocycles. The second-order valence-corrected chi connectivity index (χ2v) is 6.69. The zero-order valence-electron chi connectivity index (χ0n) is 12.6. The van der Waals surface area contributed by atoms with Gasteiger partial charge in [-0.2, -0.15) is 0 Å². The third kappa shape index (κ3) is 5.83. The standard InChI is InChI=1S/C14H29N3O/c1-14(2,3)15-10-12-6-8-17(9-7-12)13(18)11-16(4)5/h12,15H,6-11H2,1-5H3. The second kappa shape index (κ2) is 6.53. The Bertz CT molecular complexity index is 263. The smallest absolute Gasteiger partial charge is 0.236 e. The van der Waals surface area contributed by atoms with Crippen LogP contribution in [-0.2, 0) is 4.79 Å². The molecule has 1 aliphatic heterocycles. The average Bonchev–Trinajstić information content (AvgIpc) is 2.25. The second-order valence-electron chi connectivity index (χ2n) is 6.69. The number of nitrogens with zero attached hydrogens (tertiary/aromatic N) is 2. The number of amides is 1. The van der Waals surface area contributed by atoms with Gasteiger partial charge in [-0.15, -0.1) is 0 Å². The molecule has 1 N–H and O–H groups in total. The summed E-state index contributed by atoms with van der Waals surface area (Å²) in [6.45, 7) is 10.0. The van der Waals surface area contributed by atoms with Gasteiger partial charge in [0.25, 0.3) is 0 Å². The van der Waals surface area contributed by atoms with Gasteiger partial charge in [-0.3, -0.25) is 4.79 Å². The molecule has 0 atom stereocenters. The minimum Gasteiger partial charge on any atom is -0.342 e. The molecule has 0 aromatic rings. The first-order valence-electron chi connectivity index (χ1n) is 6.95. The molecule has 1 fully saturated rings. The van der Waals surface area contributed by atoms with Gasteiger partial charge >= 0.3 is 0 Å². The fourth-order valence-electron chi connectivity index (χ4n) is 2.21. The lowest BCUT2D eigenvalue weighted by molar-refractivity contribution is -0.133. The number of hydrogen-bond donors (Lipinski definition) is 1. The van der Waals surface area contributed by atoms with Gasteiger partial charge in [-0.1, -0.05) is 0 Å². The third-order valence-electron chi connectivity index (χ3n) is 3.34. The van der Waals surface area contributed by atoms with Crippen LogP contribution in [0.15, 0.2) is 0 Å². The average molecular weight is 255 g/mol. The van der Waals surface area contributed by atoms with Crippen LogP contribution in [0.5, 0.6) is 0 Å². The highest BCUT2D eigenvalue weighted by Crippen LogP contribution is 2.17. The summed E-state index contributed by atoms with van der Waals surface area (Å²) in [5.41, 5.74) is 0.192. The molecule has 0 unspecified atom stereocenters. The number of rotatable bonds is 4. The Hall–Kier alpha value is -0.610. The zero-order chi connectivity index (χ0) is 13.8. The summed E-state index contributed by atoms with van der Waals surface area (Å²) in [7, 11) is 3.88. The Labute approximate surface area is 112 Å². The van der Waals surface area contributed by atoms with Crippen molar-refractivity contribution in [3.05, 3.63) is 0 Å². The number of hydrogen-bond acceptors (Lipinski definition) is 3. The van der Waals surface area contributed by atoms with Gasteiger partial charge in [-0.25, -0.2) is 0 Å². The van der Waals surface area contributed by atoms with Gasteiger partial charge in [0.05, 0.1) is 6.54 Å². The highest BCUT2D eigenvalue weighted by molar-refractivity contribution is 5.78. The molecule has 1 rings (SSSR count). The number of carbonyl (C=O) groups is 1. The van der Waals surface area contributed by atoms with Crippen LogP contribution in [0.4, 0.5) is 0 Å². The molecule has 0 aromatic carbocycles. The molecular formula is C14H29N3O. The van der Waals surface area contributed by atoms with Gasteiger partial charge in [0, 0.05) is 18.6 Å². The molecule has 0 radical (unpaired) electrons. The largest absolute Gasteiger partial charge is 0.342 e. The van der Waals surface area contributed by atoms with E-state index in [-0.39, 0.29) is 11.4 Å². The van der Waals surface area contributed by atoms with E-state index in [0.29, 0.717) is 12.5 Å². The lowest BCUT2D eigenvalue weighted by Crippen LogP contribution is -2.46. The summed E-state index contributed by atoms with van der Waals surface area (Å²) in [6, 6.07) is 0. The fraction of sp³-hybridized carbons (Fsp3) is 0.929. The summed E-state index contributed by atoms with van der Waals surface area (Å²) in [6.07, 6.45) is 2.25. The van der Waals surface area contributed by atoms with Crippen molar-refractivity contribution in [2.24, 2.45) is 5.92 Å². The van der Waals surface area contributed by atoms with E-state index in [1.807, 2.05) is 23.9 Å². The van der Waals surface area contributed by atoms with Gasteiger partial charge in [-0.05, 0) is 60.2 Å². The first-order valence-corrected chi connectivity index (χ1v) is 6.95. The van der Waals surface area contributed by atoms with E-state index < -0.39 is 0 Å². The Morgan fingerprint density at radius 1 is 1.28 bits per heavy atom. The molecule has 1 heterocycles. The first-order chi connectivity index (χ1) is 8.28. The Balaban J connectivity index is 2.26. The van der Waals surface area contributed by atoms with Gasteiger partial charge in [0.1, 0.15) is 0 Å². The molecule has 0 aliphatic carbocycles. The van der Waals surface area contributed by atoms with Crippen LogP contribution in [0.25, 0.3) is 0 Å². The SMILES string of the molecule is CN(C)CC(=O)N1CCC(CNC(C)(C)C)CC1. The molecule has 4 nitrogen and oxygen atoms in total. The third-order valence-corrected chi connectivity index (χ3v) is 3.34. The summed E-state index contributed by atoms with van der Waals surface area (Å²) in [5, 5.41) is 3.56. The predicted octanol–water partition coefficient (Wildman–Crippen LogP) is 1.17. The van der Waals surface area contributed by atoms with E-state index in [0.717, 1.165) is 32.5 Å². The summed E-state index contributed by atoms with van der Waals surface area (Å²) < 4.78 is 0. The van der Waals surface area contributed by atoms with Crippen molar-refractivity contribution < 1.29 is 4.79 Å². The summed E-state index contributed by atoms with van der Waals surface area (Å²) >= 11 is 0. The van der Waals surface area contributed by atoms with E-state index in [9.17, 15) is 4.79 Å². The van der Waals surface area contributed by atoms with Crippen molar-refractivity contribution in [3.63, 3.8) is 0 Å². The maximum atomic E-state index is 11.9. The first kappa shape index (κ1) is 15.4. The number of nitrogens with one attached hydrogen (secondary N) is 1. The van der Waals surface area contributed by atoms with Crippen LogP contribution in [-0.4, -0.2) is 61.5 Å². The van der Waals surface area contributed by atoms with Gasteiger partial charge in [0.15, 0.2) is 0 Å². The van der Waals surface area contributed by atoms with Crippen LogP contribution in [0, 0.1) is 5.92 Å². The van der Waals surface area contributed by atoms with Gasteiger partial charge in [0.2, 0.25) is 5.91 Å². The summed E-state index contributed by atoms with van der Waals surface area (Å²) in [4.78, 5) is 15.8. The lowest BCUT2D eigenvalue weighted by atomic mass is 9.95. The molecule has 0 spiro atoms. The number of likely N-dealkylation sites (N-methyl/N-ethyl adjacent to an activating group) is 1. The Kier molecular flexibility index (Phi) is 5.60. The van der Waals surface area contributed by atoms with Gasteiger partial charge < -0.3 is 15.1 Å². The van der Waals surface area contributed by atoms with E-state index in [4.69, 9.17) is 0 Å². The molecule has 0 saturated carbocycles. The molecule has 4 heteroatoms. The van der Waals surface area contributed by atoms with Crippen molar-refractivity contribution in [1.82, 2.24) is 15.1 Å². The van der Waals surface area contributed by atoms with E-state index in [1.54, 1.807) is 0 Å². The molecule has 1 amide bonds. The Morgan fingerprint density at radius 2 is 1.83 bits per heavy atom. The van der Waals surface area contributed by atoms with E-state index in [2.05, 4.69) is 26.1 Å². The summed E-state index contributed by atoms with van der Waals surface area (Å²) in [5.74, 6) is 0.981. The van der Waals surface area contributed by atoms with Crippen molar-refractivity contribution in [1.29, 1.82) is 0 Å². The Morgan fingerprint density at radius 3 is 2.28 bits per heavy atom. The quantitative estimate of drug-likeness (QED) is 0.819. The maximum Gasteiger partial charge on any atom is 0.236 e. The molecule has 1 aliphatic rings. The van der Waals surface area contributed by atoms with E-state index in [1.165, 1.54) is 0 Å². The highest BCUT2D eigenvalue weighted by Gasteiger charge is 2.23. The molecule has 18 heavy (non-hydrogen) atoms. The van der Waals surface area contributed by atoms with Crippen molar-refractivity contribution in [3.8, 4) is 0 Å². The van der Waals surface area contributed by atoms with Crippen LogP contribution in [0.1, 0.15) is 33.6 Å². The number of likely N-dealkylation sites (tertiary alicyclic amines) is 1. The number of carbonyl (C=O) groups excluding carboxylic acids is 1. The zero-order valence-corrected chi connectivity index (χ0v) is 12.6. The van der Waals surface area contributed by atoms with Crippen LogP contribution in [0.3, 0.4) is 0 Å². The minimum atomic E-state index is 0.192. The number of piperidine rings is 1. The maximum absolute atomic E-state index is 11.9. The van der Waals surface area contributed by atoms with Crippen LogP contribution in [0.2, 0.25) is 0 Å². The lowest BCUT2D eigenvalue weighted by Gasteiger charge is -2.34. The fourth-order valence-corrected chi connectivity index (χ4v) is 2.21. The molecule has 0 bridgehead atoms. The minimum absolute atomic E-state index is 0.192. The molecule has 106 valence electrons. The monoisotopic (exact) mass is 255 g/mol. The molecular weight excluding hydrogens is 226 g/mol. The predicted molar refractivity (Wildman–Crippen MR) is 75.6 cm³/mol. The normalized spacial score (nSPS) is 18.4. The highest BCUT2D eigenvalue weighted by atomic mass is 16.2. The van der Waals surface area contributed by atoms with Crippen molar-refractivity contribution >= 4 is 5.91 Å². The van der Waals surface area contributed by atoms with Crippen molar-refractivity contribution in [2.45, 2.75) is 39.2 Å². The molecule has 0 aromatic heterocycles.